The molecule has 1 saturated heterocycles. The van der Waals surface area contributed by atoms with Crippen LogP contribution in [0.3, 0.4) is 0 Å². The van der Waals surface area contributed by atoms with Gasteiger partial charge in [-0.25, -0.2) is 18.5 Å². The molecule has 0 aromatic heterocycles. The summed E-state index contributed by atoms with van der Waals surface area (Å²) in [6, 6.07) is 14.9. The molecule has 0 atom stereocenters. The Morgan fingerprint density at radius 1 is 1.06 bits per heavy atom. The summed E-state index contributed by atoms with van der Waals surface area (Å²) >= 11 is 0. The van der Waals surface area contributed by atoms with Crippen molar-refractivity contribution in [2.24, 2.45) is 10.1 Å². The Bertz CT molecular complexity index is 977. The van der Waals surface area contributed by atoms with E-state index in [1.165, 1.54) is 23.3 Å². The maximum absolute atomic E-state index is 11.4. The number of rotatable bonds is 8. The summed E-state index contributed by atoms with van der Waals surface area (Å²) in [4.78, 5) is 7.13. The molecule has 1 heterocycles. The summed E-state index contributed by atoms with van der Waals surface area (Å²) in [6.07, 6.45) is 0. The third-order valence-electron chi connectivity index (χ3n) is 5.08. The Labute approximate surface area is 207 Å². The smallest absolute Gasteiger partial charge is 0.238 e. The zero-order valence-corrected chi connectivity index (χ0v) is 21.4. The molecule has 4 N–H and O–H groups in total. The van der Waals surface area contributed by atoms with Gasteiger partial charge in [0.15, 0.2) is 5.96 Å². The Hall–Kier alpha value is -1.73. The largest absolute Gasteiger partial charge is 0.379 e. The van der Waals surface area contributed by atoms with Gasteiger partial charge in [0.25, 0.3) is 0 Å². The van der Waals surface area contributed by atoms with E-state index in [4.69, 9.17) is 9.88 Å². The summed E-state index contributed by atoms with van der Waals surface area (Å²) in [5.41, 5.74) is 3.43. The molecule has 0 aliphatic carbocycles. The number of primary sulfonamides is 1. The number of hydrogen-bond donors (Lipinski definition) is 3. The summed E-state index contributed by atoms with van der Waals surface area (Å²) in [5, 5.41) is 11.8. The van der Waals surface area contributed by atoms with E-state index in [9.17, 15) is 8.42 Å². The number of halogens is 1. The number of morpholine rings is 1. The number of benzene rings is 2. The van der Waals surface area contributed by atoms with Crippen molar-refractivity contribution < 1.29 is 13.2 Å². The zero-order chi connectivity index (χ0) is 22.1. The number of nitrogens with one attached hydrogen (secondary N) is 2. The third-order valence-corrected chi connectivity index (χ3v) is 6.01. The number of hydrogen-bond acceptors (Lipinski definition) is 5. The summed E-state index contributed by atoms with van der Waals surface area (Å²) in [6.45, 7) is 8.24. The lowest BCUT2D eigenvalue weighted by Gasteiger charge is -2.27. The molecule has 8 nitrogen and oxygen atoms in total. The second-order valence-corrected chi connectivity index (χ2v) is 8.96. The monoisotopic (exact) mass is 573 g/mol. The fourth-order valence-corrected chi connectivity index (χ4v) is 3.88. The number of nitrogens with zero attached hydrogens (tertiary/aromatic N) is 2. The van der Waals surface area contributed by atoms with Gasteiger partial charge < -0.3 is 15.4 Å². The summed E-state index contributed by atoms with van der Waals surface area (Å²) < 4.78 is 28.2. The van der Waals surface area contributed by atoms with E-state index in [-0.39, 0.29) is 28.9 Å². The first-order valence-corrected chi connectivity index (χ1v) is 12.0. The SMILES string of the molecule is CCNC(=NCc1ccc(S(N)(=O)=O)cc1)NCc1ccccc1CN1CCOCC1.I. The summed E-state index contributed by atoms with van der Waals surface area (Å²) in [5.74, 6) is 0.708. The van der Waals surface area contributed by atoms with Crippen LogP contribution >= 0.6 is 24.0 Å². The minimum Gasteiger partial charge on any atom is -0.379 e. The molecule has 1 aliphatic rings. The fraction of sp³-hybridized carbons (Fsp3) is 0.409. The molecule has 2 aromatic rings. The number of aliphatic imine (C=N–C) groups is 1. The lowest BCUT2D eigenvalue weighted by atomic mass is 10.1. The van der Waals surface area contributed by atoms with Crippen LogP contribution in [0.2, 0.25) is 0 Å². The van der Waals surface area contributed by atoms with E-state index in [1.807, 2.05) is 6.92 Å². The predicted molar refractivity (Wildman–Crippen MR) is 137 cm³/mol. The van der Waals surface area contributed by atoms with Gasteiger partial charge in [0.05, 0.1) is 24.7 Å². The van der Waals surface area contributed by atoms with Crippen LogP contribution in [-0.4, -0.2) is 52.1 Å². The summed E-state index contributed by atoms with van der Waals surface area (Å²) in [7, 11) is -3.68. The van der Waals surface area contributed by atoms with Crippen LogP contribution in [0.4, 0.5) is 0 Å². The lowest BCUT2D eigenvalue weighted by molar-refractivity contribution is 0.0341. The van der Waals surface area contributed by atoms with Gasteiger partial charge in [0.1, 0.15) is 0 Å². The normalized spacial score (nSPS) is 15.1. The average Bonchev–Trinajstić information content (AvgIpc) is 2.77. The van der Waals surface area contributed by atoms with Gasteiger partial charge in [0.2, 0.25) is 10.0 Å². The first-order valence-electron chi connectivity index (χ1n) is 10.5. The molecule has 176 valence electrons. The molecule has 0 unspecified atom stereocenters. The number of ether oxygens (including phenoxy) is 1. The van der Waals surface area contributed by atoms with Crippen LogP contribution < -0.4 is 15.8 Å². The first kappa shape index (κ1) is 26.5. The molecular weight excluding hydrogens is 541 g/mol. The number of guanidine groups is 1. The minimum atomic E-state index is -3.68. The second-order valence-electron chi connectivity index (χ2n) is 7.39. The molecule has 0 bridgehead atoms. The van der Waals surface area contributed by atoms with E-state index in [2.05, 4.69) is 44.8 Å². The molecule has 0 saturated carbocycles. The van der Waals surface area contributed by atoms with E-state index >= 15 is 0 Å². The highest BCUT2D eigenvalue weighted by molar-refractivity contribution is 14.0. The molecule has 1 aliphatic heterocycles. The Balaban J connectivity index is 0.00000363. The van der Waals surface area contributed by atoms with E-state index in [1.54, 1.807) is 12.1 Å². The van der Waals surface area contributed by atoms with Crippen molar-refractivity contribution >= 4 is 40.0 Å². The maximum atomic E-state index is 11.4. The van der Waals surface area contributed by atoms with Crippen LogP contribution in [0.25, 0.3) is 0 Å². The van der Waals surface area contributed by atoms with Crippen LogP contribution in [0.1, 0.15) is 23.6 Å². The van der Waals surface area contributed by atoms with Crippen LogP contribution in [0, 0.1) is 0 Å². The van der Waals surface area contributed by atoms with Crippen molar-refractivity contribution in [2.45, 2.75) is 31.5 Å². The second kappa shape index (κ2) is 13.1. The molecule has 0 radical (unpaired) electrons. The van der Waals surface area contributed by atoms with Gasteiger partial charge in [0, 0.05) is 32.7 Å². The topological polar surface area (TPSA) is 109 Å². The van der Waals surface area contributed by atoms with Gasteiger partial charge in [-0.15, -0.1) is 24.0 Å². The van der Waals surface area contributed by atoms with Gasteiger partial charge in [-0.05, 0) is 35.7 Å². The molecule has 3 rings (SSSR count). The van der Waals surface area contributed by atoms with E-state index in [0.29, 0.717) is 19.0 Å². The third kappa shape index (κ3) is 8.32. The van der Waals surface area contributed by atoms with E-state index in [0.717, 1.165) is 45.0 Å². The fourth-order valence-electron chi connectivity index (χ4n) is 3.36. The van der Waals surface area contributed by atoms with Crippen molar-refractivity contribution in [3.05, 3.63) is 65.2 Å². The Morgan fingerprint density at radius 3 is 2.34 bits per heavy atom. The number of sulfonamides is 1. The van der Waals surface area contributed by atoms with Crippen molar-refractivity contribution in [1.82, 2.24) is 15.5 Å². The highest BCUT2D eigenvalue weighted by Crippen LogP contribution is 2.13. The van der Waals surface area contributed by atoms with Gasteiger partial charge in [-0.3, -0.25) is 4.90 Å². The molecule has 2 aromatic carbocycles. The first-order chi connectivity index (χ1) is 15.0. The van der Waals surface area contributed by atoms with Gasteiger partial charge in [-0.1, -0.05) is 36.4 Å². The molecule has 0 spiro atoms. The zero-order valence-electron chi connectivity index (χ0n) is 18.3. The molecular formula is C22H32IN5O3S. The average molecular weight is 574 g/mol. The van der Waals surface area contributed by atoms with Crippen LogP contribution in [-0.2, 0) is 34.4 Å². The predicted octanol–water partition coefficient (Wildman–Crippen LogP) is 2.04. The maximum Gasteiger partial charge on any atom is 0.238 e. The van der Waals surface area contributed by atoms with Gasteiger partial charge in [-0.2, -0.15) is 0 Å². The highest BCUT2D eigenvalue weighted by Gasteiger charge is 2.13. The highest BCUT2D eigenvalue weighted by atomic mass is 127. The Kier molecular flexibility index (Phi) is 10.9. The van der Waals surface area contributed by atoms with Crippen LogP contribution in [0.15, 0.2) is 58.4 Å². The van der Waals surface area contributed by atoms with E-state index < -0.39 is 10.0 Å². The molecule has 10 heteroatoms. The molecule has 1 fully saturated rings. The van der Waals surface area contributed by atoms with Crippen molar-refractivity contribution in [2.75, 3.05) is 32.8 Å². The Morgan fingerprint density at radius 2 is 1.72 bits per heavy atom. The molecule has 32 heavy (non-hydrogen) atoms. The standard InChI is InChI=1S/C22H31N5O3S.HI/c1-2-24-22(25-15-18-7-9-21(10-8-18)31(23,28)29)26-16-19-5-3-4-6-20(19)17-27-11-13-30-14-12-27;/h3-10H,2,11-17H2,1H3,(H2,23,28,29)(H2,24,25,26);1H. The lowest BCUT2D eigenvalue weighted by Crippen LogP contribution is -2.38. The van der Waals surface area contributed by atoms with Crippen LogP contribution in [0.5, 0.6) is 0 Å². The van der Waals surface area contributed by atoms with Crippen molar-refractivity contribution in [3.8, 4) is 0 Å². The minimum absolute atomic E-state index is 0. The number of nitrogens with two attached hydrogens (primary N) is 1. The van der Waals surface area contributed by atoms with Gasteiger partial charge >= 0.3 is 0 Å². The van der Waals surface area contributed by atoms with Crippen molar-refractivity contribution in [1.29, 1.82) is 0 Å². The molecule has 0 amide bonds. The van der Waals surface area contributed by atoms with Crippen molar-refractivity contribution in [3.63, 3.8) is 0 Å². The quantitative estimate of drug-likeness (QED) is 0.254.